The van der Waals surface area contributed by atoms with Crippen LogP contribution < -0.4 is 15.8 Å². The predicted octanol–water partition coefficient (Wildman–Crippen LogP) is 1.96. The third-order valence-corrected chi connectivity index (χ3v) is 4.33. The monoisotopic (exact) mass is 314 g/mol. The van der Waals surface area contributed by atoms with Crippen LogP contribution in [0.3, 0.4) is 0 Å². The first-order valence-electron chi connectivity index (χ1n) is 5.72. The predicted molar refractivity (Wildman–Crippen MR) is 75.8 cm³/mol. The number of hydrogen-bond acceptors (Lipinski definition) is 3. The Morgan fingerprint density at radius 1 is 1.28 bits per heavy atom. The van der Waals surface area contributed by atoms with Crippen molar-refractivity contribution in [2.24, 2.45) is 5.73 Å². The maximum absolute atomic E-state index is 11.2. The molecule has 1 amide bonds. The lowest BCUT2D eigenvalue weighted by Gasteiger charge is -2.19. The van der Waals surface area contributed by atoms with Crippen LogP contribution in [0.25, 0.3) is 0 Å². The summed E-state index contributed by atoms with van der Waals surface area (Å²) in [5, 5.41) is 2.77. The van der Waals surface area contributed by atoms with E-state index in [0.29, 0.717) is 6.54 Å². The highest BCUT2D eigenvalue weighted by Gasteiger charge is 2.16. The van der Waals surface area contributed by atoms with E-state index in [2.05, 4.69) is 21.2 Å². The summed E-state index contributed by atoms with van der Waals surface area (Å²) in [5.74, 6) is 0.649. The number of carbonyl (C=O) groups is 1. The fourth-order valence-corrected chi connectivity index (χ4v) is 2.43. The summed E-state index contributed by atoms with van der Waals surface area (Å²) < 4.78 is 6.51. The molecule has 0 unspecified atom stereocenters. The third-order valence-electron chi connectivity index (χ3n) is 3.14. The molecule has 0 saturated carbocycles. The highest BCUT2D eigenvalue weighted by molar-refractivity contribution is 9.10. The molecule has 0 aromatic heterocycles. The van der Waals surface area contributed by atoms with E-state index in [1.54, 1.807) is 7.11 Å². The van der Waals surface area contributed by atoms with Crippen LogP contribution in [-0.4, -0.2) is 19.6 Å². The summed E-state index contributed by atoms with van der Waals surface area (Å²) in [5.41, 5.74) is 9.56. The van der Waals surface area contributed by atoms with Crippen LogP contribution >= 0.6 is 15.9 Å². The molecule has 1 aromatic carbocycles. The van der Waals surface area contributed by atoms with Crippen molar-refractivity contribution in [2.75, 3.05) is 13.7 Å². The third kappa shape index (κ3) is 2.84. The minimum absolute atomic E-state index is 0.00657. The van der Waals surface area contributed by atoms with E-state index in [4.69, 9.17) is 10.5 Å². The summed E-state index contributed by atoms with van der Waals surface area (Å²) in [6.07, 6.45) is 0. The van der Waals surface area contributed by atoms with Crippen molar-refractivity contribution in [3.63, 3.8) is 0 Å². The average molecular weight is 315 g/mol. The molecule has 0 spiro atoms. The van der Waals surface area contributed by atoms with E-state index >= 15 is 0 Å². The van der Waals surface area contributed by atoms with E-state index < -0.39 is 0 Å². The number of carbonyl (C=O) groups excluding carboxylic acids is 1. The van der Waals surface area contributed by atoms with Gasteiger partial charge in [0.15, 0.2) is 0 Å². The number of nitrogens with one attached hydrogen (secondary N) is 1. The van der Waals surface area contributed by atoms with Crippen LogP contribution in [0.15, 0.2) is 4.47 Å². The molecule has 0 atom stereocenters. The lowest BCUT2D eigenvalue weighted by Crippen LogP contribution is -2.30. The second-order valence-corrected chi connectivity index (χ2v) is 4.97. The first-order chi connectivity index (χ1) is 8.43. The number of nitrogens with two attached hydrogens (primary N) is 1. The smallest absolute Gasteiger partial charge is 0.234 e. The van der Waals surface area contributed by atoms with Crippen molar-refractivity contribution in [2.45, 2.75) is 27.3 Å². The molecule has 1 aromatic rings. The Morgan fingerprint density at radius 3 is 2.39 bits per heavy atom. The molecule has 100 valence electrons. The molecule has 4 nitrogen and oxygen atoms in total. The summed E-state index contributed by atoms with van der Waals surface area (Å²) in [4.78, 5) is 11.2. The van der Waals surface area contributed by atoms with Gasteiger partial charge in [-0.15, -0.1) is 0 Å². The molecule has 0 aliphatic carbocycles. The van der Waals surface area contributed by atoms with Gasteiger partial charge in [-0.2, -0.15) is 0 Å². The standard InChI is InChI=1S/C13H19BrN2O2/c1-7-8(2)13(18-4)10(9(3)12(7)14)6-16-11(17)5-15/h5-6,15H2,1-4H3,(H,16,17). The lowest BCUT2D eigenvalue weighted by molar-refractivity contribution is -0.119. The van der Waals surface area contributed by atoms with Crippen LogP contribution in [-0.2, 0) is 11.3 Å². The molecule has 18 heavy (non-hydrogen) atoms. The minimum atomic E-state index is -0.175. The number of ether oxygens (including phenoxy) is 1. The van der Waals surface area contributed by atoms with E-state index in [-0.39, 0.29) is 12.5 Å². The Kier molecular flexibility index (Phi) is 5.16. The van der Waals surface area contributed by atoms with Crippen molar-refractivity contribution >= 4 is 21.8 Å². The van der Waals surface area contributed by atoms with Gasteiger partial charge in [0.1, 0.15) is 5.75 Å². The molecule has 5 heteroatoms. The van der Waals surface area contributed by atoms with Gasteiger partial charge in [0.25, 0.3) is 0 Å². The SMILES string of the molecule is COc1c(C)c(C)c(Br)c(C)c1CNC(=O)CN. The lowest BCUT2D eigenvalue weighted by atomic mass is 9.99. The molecule has 0 radical (unpaired) electrons. The minimum Gasteiger partial charge on any atom is -0.496 e. The molecule has 0 aliphatic heterocycles. The number of benzene rings is 1. The molecule has 0 fully saturated rings. The van der Waals surface area contributed by atoms with Gasteiger partial charge in [0.2, 0.25) is 5.91 Å². The summed E-state index contributed by atoms with van der Waals surface area (Å²) in [6, 6.07) is 0. The zero-order valence-electron chi connectivity index (χ0n) is 11.2. The summed E-state index contributed by atoms with van der Waals surface area (Å²) >= 11 is 3.58. The van der Waals surface area contributed by atoms with Gasteiger partial charge in [0.05, 0.1) is 13.7 Å². The Balaban J connectivity index is 3.20. The van der Waals surface area contributed by atoms with Crippen molar-refractivity contribution < 1.29 is 9.53 Å². The zero-order valence-corrected chi connectivity index (χ0v) is 12.8. The van der Waals surface area contributed by atoms with Gasteiger partial charge in [-0.3, -0.25) is 4.79 Å². The van der Waals surface area contributed by atoms with Gasteiger partial charge in [-0.25, -0.2) is 0 Å². The van der Waals surface area contributed by atoms with Crippen LogP contribution in [0.4, 0.5) is 0 Å². The zero-order chi connectivity index (χ0) is 13.9. The molecule has 0 saturated heterocycles. The van der Waals surface area contributed by atoms with Gasteiger partial charge in [-0.05, 0) is 37.5 Å². The molecule has 0 aliphatic rings. The number of hydrogen-bond donors (Lipinski definition) is 2. The topological polar surface area (TPSA) is 64.3 Å². The Labute approximate surface area is 116 Å². The van der Waals surface area contributed by atoms with Crippen molar-refractivity contribution in [3.8, 4) is 5.75 Å². The first kappa shape index (κ1) is 15.0. The first-order valence-corrected chi connectivity index (χ1v) is 6.52. The fourth-order valence-electron chi connectivity index (χ4n) is 1.89. The highest BCUT2D eigenvalue weighted by atomic mass is 79.9. The largest absolute Gasteiger partial charge is 0.496 e. The van der Waals surface area contributed by atoms with Gasteiger partial charge < -0.3 is 15.8 Å². The Hall–Kier alpha value is -1.07. The molecule has 1 rings (SSSR count). The van der Waals surface area contributed by atoms with Crippen LogP contribution in [0.5, 0.6) is 5.75 Å². The fraction of sp³-hybridized carbons (Fsp3) is 0.462. The highest BCUT2D eigenvalue weighted by Crippen LogP contribution is 2.35. The van der Waals surface area contributed by atoms with Gasteiger partial charge in [0, 0.05) is 16.6 Å². The second kappa shape index (κ2) is 6.20. The van der Waals surface area contributed by atoms with Crippen molar-refractivity contribution in [3.05, 3.63) is 26.7 Å². The maximum atomic E-state index is 11.2. The second-order valence-electron chi connectivity index (χ2n) is 4.18. The Morgan fingerprint density at radius 2 is 1.89 bits per heavy atom. The molecule has 3 N–H and O–H groups in total. The summed E-state index contributed by atoms with van der Waals surface area (Å²) in [7, 11) is 1.64. The molecule has 0 heterocycles. The van der Waals surface area contributed by atoms with Crippen LogP contribution in [0.2, 0.25) is 0 Å². The average Bonchev–Trinajstić information content (AvgIpc) is 2.38. The number of rotatable bonds is 4. The van der Waals surface area contributed by atoms with Crippen molar-refractivity contribution in [1.29, 1.82) is 0 Å². The maximum Gasteiger partial charge on any atom is 0.234 e. The van der Waals surface area contributed by atoms with E-state index in [1.165, 1.54) is 0 Å². The molecular formula is C13H19BrN2O2. The van der Waals surface area contributed by atoms with Crippen LogP contribution in [0, 0.1) is 20.8 Å². The molecule has 0 bridgehead atoms. The van der Waals surface area contributed by atoms with E-state index in [1.807, 2.05) is 20.8 Å². The number of amides is 1. The van der Waals surface area contributed by atoms with Gasteiger partial charge in [-0.1, -0.05) is 15.9 Å². The number of methoxy groups -OCH3 is 1. The van der Waals surface area contributed by atoms with E-state index in [0.717, 1.165) is 32.5 Å². The quantitative estimate of drug-likeness (QED) is 0.893. The van der Waals surface area contributed by atoms with E-state index in [9.17, 15) is 4.79 Å². The van der Waals surface area contributed by atoms with Gasteiger partial charge >= 0.3 is 0 Å². The van der Waals surface area contributed by atoms with Crippen LogP contribution in [0.1, 0.15) is 22.3 Å². The normalized spacial score (nSPS) is 10.3. The molecular weight excluding hydrogens is 296 g/mol. The van der Waals surface area contributed by atoms with Crippen molar-refractivity contribution in [1.82, 2.24) is 5.32 Å². The summed E-state index contributed by atoms with van der Waals surface area (Å²) in [6.45, 7) is 6.46. The number of halogens is 1. The Bertz CT molecular complexity index is 473.